The van der Waals surface area contributed by atoms with Crippen molar-refractivity contribution in [1.29, 1.82) is 0 Å². The third-order valence-electron chi connectivity index (χ3n) is 0.877. The summed E-state index contributed by atoms with van der Waals surface area (Å²) in [6.07, 6.45) is -6.43. The second kappa shape index (κ2) is 4.54. The largest absolute Gasteiger partial charge is 0.391 e. The van der Waals surface area contributed by atoms with Crippen LogP contribution in [0.15, 0.2) is 0 Å². The van der Waals surface area contributed by atoms with E-state index < -0.39 is 25.4 Å². The van der Waals surface area contributed by atoms with Gasteiger partial charge in [0.25, 0.3) is 0 Å². The molecule has 0 aliphatic heterocycles. The molecule has 0 saturated heterocycles. The van der Waals surface area contributed by atoms with E-state index in [4.69, 9.17) is 0 Å². The molecule has 0 saturated carbocycles. The van der Waals surface area contributed by atoms with Crippen LogP contribution in [0.3, 0.4) is 0 Å². The van der Waals surface area contributed by atoms with Gasteiger partial charge in [-0.1, -0.05) is 0 Å². The molecule has 0 spiro atoms. The number of hydrogen-bond donors (Lipinski definition) is 0. The number of rotatable bonds is 4. The van der Waals surface area contributed by atoms with Crippen LogP contribution in [0.2, 0.25) is 0 Å². The van der Waals surface area contributed by atoms with Crippen LogP contribution in [0.5, 0.6) is 0 Å². The highest BCUT2D eigenvalue weighted by Gasteiger charge is 2.26. The topological polar surface area (TPSA) is 9.23 Å². The van der Waals surface area contributed by atoms with Gasteiger partial charge in [0.05, 0.1) is 19.6 Å². The van der Waals surface area contributed by atoms with Gasteiger partial charge in [0.15, 0.2) is 0 Å². The van der Waals surface area contributed by atoms with Gasteiger partial charge in [0.1, 0.15) is 6.17 Å². The highest BCUT2D eigenvalue weighted by atomic mass is 19.4. The molecule has 5 heteroatoms. The van der Waals surface area contributed by atoms with Gasteiger partial charge in [0.2, 0.25) is 0 Å². The van der Waals surface area contributed by atoms with Crippen LogP contribution in [0.25, 0.3) is 0 Å². The summed E-state index contributed by atoms with van der Waals surface area (Å²) in [7, 11) is 0. The summed E-state index contributed by atoms with van der Waals surface area (Å²) in [5.41, 5.74) is 0. The number of ether oxygens (including phenoxy) is 1. The van der Waals surface area contributed by atoms with Crippen molar-refractivity contribution in [2.24, 2.45) is 0 Å². The Balaban J connectivity index is 3.15. The molecule has 1 nitrogen and oxygen atoms in total. The van der Waals surface area contributed by atoms with E-state index in [0.29, 0.717) is 0 Å². The van der Waals surface area contributed by atoms with Gasteiger partial charge in [0, 0.05) is 0 Å². The van der Waals surface area contributed by atoms with E-state index in [2.05, 4.69) is 4.74 Å². The Morgan fingerprint density at radius 1 is 1.36 bits per heavy atom. The van der Waals surface area contributed by atoms with Crippen molar-refractivity contribution < 1.29 is 22.3 Å². The lowest BCUT2D eigenvalue weighted by Gasteiger charge is -2.06. The Morgan fingerprint density at radius 2 is 1.91 bits per heavy atom. The fourth-order valence-corrected chi connectivity index (χ4v) is 0.434. The van der Waals surface area contributed by atoms with Crippen molar-refractivity contribution in [1.82, 2.24) is 0 Å². The second-order valence-electron chi connectivity index (χ2n) is 2.22. The molecular weight excluding hydrogens is 164 g/mol. The minimum absolute atomic E-state index is 0.268. The third kappa shape index (κ3) is 9.68. The zero-order chi connectivity index (χ0) is 8.91. The molecule has 68 valence electrons. The molecule has 0 bridgehead atoms. The minimum atomic E-state index is -4.21. The van der Waals surface area contributed by atoms with Crippen molar-refractivity contribution in [3.05, 3.63) is 0 Å². The zero-order valence-corrected chi connectivity index (χ0v) is 6.12. The Hall–Kier alpha value is -0.320. The minimum Gasteiger partial charge on any atom is -0.378 e. The Morgan fingerprint density at radius 3 is 2.27 bits per heavy atom. The molecule has 0 aliphatic carbocycles. The lowest BCUT2D eigenvalue weighted by molar-refractivity contribution is -0.146. The number of halogens is 4. The normalized spacial score (nSPS) is 15.0. The van der Waals surface area contributed by atoms with Crippen LogP contribution in [-0.2, 0) is 4.74 Å². The Kier molecular flexibility index (Phi) is 4.40. The van der Waals surface area contributed by atoms with E-state index in [-0.39, 0.29) is 6.61 Å². The molecule has 0 heterocycles. The van der Waals surface area contributed by atoms with Crippen LogP contribution in [0.4, 0.5) is 17.6 Å². The van der Waals surface area contributed by atoms with Crippen LogP contribution in [0, 0.1) is 0 Å². The molecule has 0 fully saturated rings. The second-order valence-corrected chi connectivity index (χ2v) is 2.22. The average molecular weight is 174 g/mol. The van der Waals surface area contributed by atoms with Crippen molar-refractivity contribution in [3.63, 3.8) is 0 Å². The van der Waals surface area contributed by atoms with Crippen molar-refractivity contribution >= 4 is 0 Å². The smallest absolute Gasteiger partial charge is 0.378 e. The van der Waals surface area contributed by atoms with Crippen LogP contribution < -0.4 is 0 Å². The Bertz CT molecular complexity index is 99.2. The first-order chi connectivity index (χ1) is 4.92. The molecule has 0 radical (unpaired) electrons. The molecule has 0 rings (SSSR count). The highest BCUT2D eigenvalue weighted by Crippen LogP contribution is 2.18. The molecule has 11 heavy (non-hydrogen) atoms. The standard InChI is InChI=1S/C6H10F4O/c1-5(7)4-11-3-2-6(8,9)10/h5H,2-4H2,1H3. The molecule has 1 unspecified atom stereocenters. The molecule has 0 aromatic rings. The number of hydrogen-bond acceptors (Lipinski definition) is 1. The first kappa shape index (κ1) is 10.7. The van der Waals surface area contributed by atoms with E-state index in [1.54, 1.807) is 0 Å². The summed E-state index contributed by atoms with van der Waals surface area (Å²) < 4.78 is 50.5. The molecule has 0 N–H and O–H groups in total. The van der Waals surface area contributed by atoms with E-state index in [1.165, 1.54) is 6.92 Å². The van der Waals surface area contributed by atoms with E-state index in [1.807, 2.05) is 0 Å². The van der Waals surface area contributed by atoms with Crippen LogP contribution in [0.1, 0.15) is 13.3 Å². The zero-order valence-electron chi connectivity index (χ0n) is 6.12. The average Bonchev–Trinajstić information content (AvgIpc) is 1.78. The fraction of sp³-hybridized carbons (Fsp3) is 1.00. The summed E-state index contributed by atoms with van der Waals surface area (Å²) in [6.45, 7) is 0.501. The van der Waals surface area contributed by atoms with Gasteiger partial charge >= 0.3 is 6.18 Å². The van der Waals surface area contributed by atoms with Crippen LogP contribution >= 0.6 is 0 Å². The van der Waals surface area contributed by atoms with Crippen molar-refractivity contribution in [2.45, 2.75) is 25.7 Å². The predicted octanol–water partition coefficient (Wildman–Crippen LogP) is 2.31. The monoisotopic (exact) mass is 174 g/mol. The van der Waals surface area contributed by atoms with Gasteiger partial charge in [-0.25, -0.2) is 4.39 Å². The molecule has 0 aliphatic rings. The molecule has 1 atom stereocenters. The summed E-state index contributed by atoms with van der Waals surface area (Å²) in [5, 5.41) is 0. The molecule has 0 amide bonds. The van der Waals surface area contributed by atoms with Gasteiger partial charge in [-0.3, -0.25) is 0 Å². The quantitative estimate of drug-likeness (QED) is 0.469. The maximum atomic E-state index is 11.9. The summed E-state index contributed by atoms with van der Waals surface area (Å²) in [6, 6.07) is 0. The summed E-state index contributed by atoms with van der Waals surface area (Å²) >= 11 is 0. The lowest BCUT2D eigenvalue weighted by Crippen LogP contribution is -2.14. The first-order valence-corrected chi connectivity index (χ1v) is 3.20. The number of alkyl halides is 4. The van der Waals surface area contributed by atoms with E-state index in [9.17, 15) is 17.6 Å². The third-order valence-corrected chi connectivity index (χ3v) is 0.877. The fourth-order valence-electron chi connectivity index (χ4n) is 0.434. The Labute approximate surface area is 62.3 Å². The van der Waals surface area contributed by atoms with E-state index >= 15 is 0 Å². The van der Waals surface area contributed by atoms with Gasteiger partial charge in [-0.15, -0.1) is 0 Å². The maximum Gasteiger partial charge on any atom is 0.391 e. The van der Waals surface area contributed by atoms with Crippen molar-refractivity contribution in [3.8, 4) is 0 Å². The summed E-state index contributed by atoms with van der Waals surface area (Å²) in [4.78, 5) is 0. The predicted molar refractivity (Wildman–Crippen MR) is 32.1 cm³/mol. The first-order valence-electron chi connectivity index (χ1n) is 3.20. The lowest BCUT2D eigenvalue weighted by atomic mass is 10.4. The molecular formula is C6H10F4O. The summed E-state index contributed by atoms with van der Waals surface area (Å²) in [5.74, 6) is 0. The van der Waals surface area contributed by atoms with Crippen LogP contribution in [-0.4, -0.2) is 25.6 Å². The van der Waals surface area contributed by atoms with Gasteiger partial charge < -0.3 is 4.74 Å². The van der Waals surface area contributed by atoms with Gasteiger partial charge in [-0.2, -0.15) is 13.2 Å². The molecule has 0 aromatic carbocycles. The SMILES string of the molecule is CC(F)COCCC(F)(F)F. The molecule has 0 aromatic heterocycles. The van der Waals surface area contributed by atoms with Gasteiger partial charge in [-0.05, 0) is 6.92 Å². The van der Waals surface area contributed by atoms with E-state index in [0.717, 1.165) is 0 Å². The van der Waals surface area contributed by atoms with Crippen molar-refractivity contribution in [2.75, 3.05) is 13.2 Å². The highest BCUT2D eigenvalue weighted by molar-refractivity contribution is 4.49. The maximum absolute atomic E-state index is 11.9.